The molecule has 0 radical (unpaired) electrons. The van der Waals surface area contributed by atoms with Gasteiger partial charge < -0.3 is 0 Å². The third kappa shape index (κ3) is 3.40. The molecular weight excluding hydrogens is 326 g/mol. The maximum atomic E-state index is 5.05. The van der Waals surface area contributed by atoms with E-state index in [9.17, 15) is 0 Å². The topological polar surface area (TPSA) is 12.9 Å². The average Bonchev–Trinajstić information content (AvgIpc) is 2.67. The van der Waals surface area contributed by atoms with Gasteiger partial charge in [-0.25, -0.2) is 4.98 Å². The first-order valence-corrected chi connectivity index (χ1v) is 10.5. The van der Waals surface area contributed by atoms with Crippen LogP contribution in [0.2, 0.25) is 0 Å². The Labute approximate surface area is 163 Å². The van der Waals surface area contributed by atoms with Gasteiger partial charge in [0.15, 0.2) is 0 Å². The highest BCUT2D eigenvalue weighted by atomic mass is 14.7. The number of aromatic nitrogens is 1. The standard InChI is InChI=1S/C26H31N/c1-5-20-10-11-21(17-23(20)26(4)13-7-6-8-14-26)25-19(3)16-22-15-18(2)9-12-24(22)27-25/h9-12,15-17H,5-8,13-14H2,1-4H3. The van der Waals surface area contributed by atoms with Crippen LogP contribution in [0.25, 0.3) is 22.2 Å². The van der Waals surface area contributed by atoms with Gasteiger partial charge in [0.05, 0.1) is 11.2 Å². The molecule has 1 heterocycles. The van der Waals surface area contributed by atoms with Gasteiger partial charge in [0.2, 0.25) is 0 Å². The maximum absolute atomic E-state index is 5.05. The Kier molecular flexibility index (Phi) is 4.80. The van der Waals surface area contributed by atoms with Crippen LogP contribution in [-0.2, 0) is 11.8 Å². The predicted octanol–water partition coefficient (Wildman–Crippen LogP) is 7.30. The second-order valence-electron chi connectivity index (χ2n) is 8.70. The van der Waals surface area contributed by atoms with Gasteiger partial charge in [-0.2, -0.15) is 0 Å². The van der Waals surface area contributed by atoms with Crippen molar-refractivity contribution in [2.75, 3.05) is 0 Å². The number of fused-ring (bicyclic) bond motifs is 1. The average molecular weight is 358 g/mol. The first-order valence-electron chi connectivity index (χ1n) is 10.5. The van der Waals surface area contributed by atoms with E-state index in [0.717, 1.165) is 17.6 Å². The van der Waals surface area contributed by atoms with Crippen molar-refractivity contribution in [3.05, 3.63) is 64.7 Å². The van der Waals surface area contributed by atoms with E-state index in [0.29, 0.717) is 5.41 Å². The van der Waals surface area contributed by atoms with Crippen LogP contribution < -0.4 is 0 Å². The van der Waals surface area contributed by atoms with Crippen LogP contribution in [-0.4, -0.2) is 4.98 Å². The predicted molar refractivity (Wildman–Crippen MR) is 116 cm³/mol. The molecule has 2 aromatic carbocycles. The van der Waals surface area contributed by atoms with Gasteiger partial charge in [0, 0.05) is 10.9 Å². The fourth-order valence-corrected chi connectivity index (χ4v) is 4.89. The lowest BCUT2D eigenvalue weighted by Gasteiger charge is -2.36. The second-order valence-corrected chi connectivity index (χ2v) is 8.70. The van der Waals surface area contributed by atoms with Gasteiger partial charge in [0.25, 0.3) is 0 Å². The summed E-state index contributed by atoms with van der Waals surface area (Å²) in [6, 6.07) is 15.9. The summed E-state index contributed by atoms with van der Waals surface area (Å²) in [5, 5.41) is 1.24. The Morgan fingerprint density at radius 2 is 1.70 bits per heavy atom. The Bertz CT molecular complexity index is 977. The number of aryl methyl sites for hydroxylation is 3. The molecule has 27 heavy (non-hydrogen) atoms. The van der Waals surface area contributed by atoms with Gasteiger partial charge in [-0.3, -0.25) is 0 Å². The highest BCUT2D eigenvalue weighted by Crippen LogP contribution is 2.42. The molecule has 1 aliphatic rings. The molecule has 0 unspecified atom stereocenters. The molecule has 1 aromatic heterocycles. The molecule has 0 atom stereocenters. The minimum atomic E-state index is 0.321. The van der Waals surface area contributed by atoms with Crippen LogP contribution in [0.4, 0.5) is 0 Å². The molecule has 1 fully saturated rings. The smallest absolute Gasteiger partial charge is 0.0738 e. The van der Waals surface area contributed by atoms with E-state index in [-0.39, 0.29) is 0 Å². The Balaban J connectivity index is 1.85. The third-order valence-electron chi connectivity index (χ3n) is 6.53. The van der Waals surface area contributed by atoms with Crippen LogP contribution in [0, 0.1) is 13.8 Å². The highest BCUT2D eigenvalue weighted by Gasteiger charge is 2.30. The van der Waals surface area contributed by atoms with Crippen molar-refractivity contribution >= 4 is 10.9 Å². The van der Waals surface area contributed by atoms with Gasteiger partial charge in [0.1, 0.15) is 0 Å². The molecule has 140 valence electrons. The summed E-state index contributed by atoms with van der Waals surface area (Å²) in [5.41, 5.74) is 9.44. The van der Waals surface area contributed by atoms with Crippen molar-refractivity contribution in [2.45, 2.75) is 71.6 Å². The summed E-state index contributed by atoms with van der Waals surface area (Å²) in [6.07, 6.45) is 7.84. The monoisotopic (exact) mass is 357 g/mol. The van der Waals surface area contributed by atoms with E-state index < -0.39 is 0 Å². The second kappa shape index (κ2) is 7.11. The van der Waals surface area contributed by atoms with Crippen LogP contribution in [0.15, 0.2) is 42.5 Å². The Morgan fingerprint density at radius 1 is 0.926 bits per heavy atom. The van der Waals surface area contributed by atoms with Crippen molar-refractivity contribution in [3.8, 4) is 11.3 Å². The first-order chi connectivity index (χ1) is 13.0. The molecule has 0 N–H and O–H groups in total. The normalized spacial score (nSPS) is 16.6. The molecule has 4 rings (SSSR count). The molecular formula is C26H31N. The largest absolute Gasteiger partial charge is 0.248 e. The number of benzene rings is 2. The molecule has 0 aliphatic heterocycles. The molecule has 0 bridgehead atoms. The number of nitrogens with zero attached hydrogens (tertiary/aromatic N) is 1. The molecule has 3 aromatic rings. The third-order valence-corrected chi connectivity index (χ3v) is 6.53. The molecule has 0 spiro atoms. The Hall–Kier alpha value is -2.15. The molecule has 1 heteroatoms. The van der Waals surface area contributed by atoms with Gasteiger partial charge in [-0.1, -0.05) is 56.9 Å². The summed E-state index contributed by atoms with van der Waals surface area (Å²) < 4.78 is 0. The van der Waals surface area contributed by atoms with Crippen LogP contribution >= 0.6 is 0 Å². The fraction of sp³-hybridized carbons (Fsp3) is 0.423. The zero-order valence-electron chi connectivity index (χ0n) is 17.2. The molecule has 0 saturated heterocycles. The quantitative estimate of drug-likeness (QED) is 0.479. The van der Waals surface area contributed by atoms with E-state index in [2.05, 4.69) is 70.2 Å². The van der Waals surface area contributed by atoms with E-state index in [1.54, 1.807) is 5.56 Å². The minimum Gasteiger partial charge on any atom is -0.248 e. The van der Waals surface area contributed by atoms with E-state index in [4.69, 9.17) is 4.98 Å². The summed E-state index contributed by atoms with van der Waals surface area (Å²) in [5.74, 6) is 0. The minimum absolute atomic E-state index is 0.321. The summed E-state index contributed by atoms with van der Waals surface area (Å²) >= 11 is 0. The van der Waals surface area contributed by atoms with Crippen LogP contribution in [0.1, 0.15) is 68.2 Å². The van der Waals surface area contributed by atoms with Crippen molar-refractivity contribution < 1.29 is 0 Å². The zero-order chi connectivity index (χ0) is 19.0. The molecule has 1 aliphatic carbocycles. The lowest BCUT2D eigenvalue weighted by Crippen LogP contribution is -2.26. The van der Waals surface area contributed by atoms with Crippen LogP contribution in [0.3, 0.4) is 0 Å². The maximum Gasteiger partial charge on any atom is 0.0738 e. The molecule has 1 nitrogen and oxygen atoms in total. The molecule has 0 amide bonds. The summed E-state index contributed by atoms with van der Waals surface area (Å²) in [7, 11) is 0. The first kappa shape index (κ1) is 18.2. The zero-order valence-corrected chi connectivity index (χ0v) is 17.2. The van der Waals surface area contributed by atoms with Crippen molar-refractivity contribution in [3.63, 3.8) is 0 Å². The number of pyridine rings is 1. The van der Waals surface area contributed by atoms with Crippen molar-refractivity contribution in [2.24, 2.45) is 0 Å². The lowest BCUT2D eigenvalue weighted by molar-refractivity contribution is 0.318. The SMILES string of the molecule is CCc1ccc(-c2nc3ccc(C)cc3cc2C)cc1C1(C)CCCCC1. The van der Waals surface area contributed by atoms with E-state index >= 15 is 0 Å². The van der Waals surface area contributed by atoms with E-state index in [1.807, 2.05) is 0 Å². The number of rotatable bonds is 3. The van der Waals surface area contributed by atoms with E-state index in [1.165, 1.54) is 59.7 Å². The van der Waals surface area contributed by atoms with Gasteiger partial charge in [-0.05, 0) is 79.5 Å². The highest BCUT2D eigenvalue weighted by molar-refractivity contribution is 5.84. The van der Waals surface area contributed by atoms with Crippen molar-refractivity contribution in [1.29, 1.82) is 0 Å². The van der Waals surface area contributed by atoms with Gasteiger partial charge in [-0.15, -0.1) is 0 Å². The van der Waals surface area contributed by atoms with Crippen molar-refractivity contribution in [1.82, 2.24) is 4.98 Å². The molecule has 1 saturated carbocycles. The Morgan fingerprint density at radius 3 is 2.44 bits per heavy atom. The van der Waals surface area contributed by atoms with Crippen LogP contribution in [0.5, 0.6) is 0 Å². The summed E-state index contributed by atoms with van der Waals surface area (Å²) in [6.45, 7) is 9.10. The number of hydrogen-bond donors (Lipinski definition) is 0. The fourth-order valence-electron chi connectivity index (χ4n) is 4.89. The summed E-state index contributed by atoms with van der Waals surface area (Å²) in [4.78, 5) is 5.05. The van der Waals surface area contributed by atoms with Gasteiger partial charge >= 0.3 is 0 Å². The lowest BCUT2D eigenvalue weighted by atomic mass is 9.69. The number of hydrogen-bond acceptors (Lipinski definition) is 1.